The lowest BCUT2D eigenvalue weighted by molar-refractivity contribution is 0.102. The van der Waals surface area contributed by atoms with Crippen molar-refractivity contribution in [3.8, 4) is 11.5 Å². The minimum Gasteiger partial charge on any atom is -0.508 e. The highest BCUT2D eigenvalue weighted by molar-refractivity contribution is 6.06. The van der Waals surface area contributed by atoms with Gasteiger partial charge < -0.3 is 19.6 Å². The molecule has 0 saturated carbocycles. The van der Waals surface area contributed by atoms with Crippen molar-refractivity contribution in [3.05, 3.63) is 64.5 Å². The summed E-state index contributed by atoms with van der Waals surface area (Å²) in [4.78, 5) is 24.3. The van der Waals surface area contributed by atoms with Crippen molar-refractivity contribution >= 4 is 22.6 Å². The molecule has 6 nitrogen and oxygen atoms in total. The fourth-order valence-electron chi connectivity index (χ4n) is 2.21. The molecule has 1 amide bonds. The van der Waals surface area contributed by atoms with Crippen molar-refractivity contribution < 1.29 is 19.1 Å². The fraction of sp³-hybridized carbons (Fsp3) is 0.0588. The molecule has 6 heteroatoms. The van der Waals surface area contributed by atoms with E-state index in [1.165, 1.54) is 25.3 Å². The molecule has 2 N–H and O–H groups in total. The van der Waals surface area contributed by atoms with Crippen molar-refractivity contribution in [3.63, 3.8) is 0 Å². The van der Waals surface area contributed by atoms with Crippen LogP contribution in [0.2, 0.25) is 0 Å². The SMILES string of the molecule is COc1ccccc1C(=O)Nc1cc2ccc(O)cc2oc1=O. The summed E-state index contributed by atoms with van der Waals surface area (Å²) < 4.78 is 10.2. The first kappa shape index (κ1) is 14.6. The van der Waals surface area contributed by atoms with Crippen LogP contribution in [0.4, 0.5) is 5.69 Å². The number of para-hydroxylation sites is 1. The Labute approximate surface area is 130 Å². The lowest BCUT2D eigenvalue weighted by Gasteiger charge is -2.08. The maximum Gasteiger partial charge on any atom is 0.360 e. The van der Waals surface area contributed by atoms with E-state index in [2.05, 4.69) is 5.32 Å². The van der Waals surface area contributed by atoms with Crippen LogP contribution >= 0.6 is 0 Å². The van der Waals surface area contributed by atoms with Gasteiger partial charge in [0, 0.05) is 11.5 Å². The number of carbonyl (C=O) groups is 1. The molecule has 3 rings (SSSR count). The number of nitrogens with one attached hydrogen (secondary N) is 1. The molecule has 0 aliphatic heterocycles. The lowest BCUT2D eigenvalue weighted by Crippen LogP contribution is -2.18. The van der Waals surface area contributed by atoms with Crippen molar-refractivity contribution in [1.29, 1.82) is 0 Å². The number of carbonyl (C=O) groups excluding carboxylic acids is 1. The first-order valence-electron chi connectivity index (χ1n) is 6.80. The number of ether oxygens (including phenoxy) is 1. The van der Waals surface area contributed by atoms with E-state index < -0.39 is 11.5 Å². The number of rotatable bonds is 3. The Morgan fingerprint density at radius 2 is 1.96 bits per heavy atom. The van der Waals surface area contributed by atoms with E-state index in [9.17, 15) is 14.7 Å². The number of aromatic hydroxyl groups is 1. The number of phenolic OH excluding ortho intramolecular Hbond substituents is 1. The van der Waals surface area contributed by atoms with Crippen LogP contribution in [-0.2, 0) is 0 Å². The third-order valence-electron chi connectivity index (χ3n) is 3.32. The number of hydrogen-bond donors (Lipinski definition) is 2. The first-order chi connectivity index (χ1) is 11.1. The second kappa shape index (κ2) is 5.84. The van der Waals surface area contributed by atoms with Crippen LogP contribution in [0.1, 0.15) is 10.4 Å². The van der Waals surface area contributed by atoms with Crippen molar-refractivity contribution in [2.75, 3.05) is 12.4 Å². The zero-order chi connectivity index (χ0) is 16.4. The summed E-state index contributed by atoms with van der Waals surface area (Å²) in [7, 11) is 1.46. The minimum absolute atomic E-state index is 0.00791. The zero-order valence-electron chi connectivity index (χ0n) is 12.2. The van der Waals surface area contributed by atoms with Crippen LogP contribution in [-0.4, -0.2) is 18.1 Å². The fourth-order valence-corrected chi connectivity index (χ4v) is 2.21. The molecule has 1 aromatic heterocycles. The average Bonchev–Trinajstić information content (AvgIpc) is 2.55. The van der Waals surface area contributed by atoms with Gasteiger partial charge >= 0.3 is 5.63 Å². The highest BCUT2D eigenvalue weighted by Gasteiger charge is 2.14. The van der Waals surface area contributed by atoms with Crippen LogP contribution < -0.4 is 15.7 Å². The van der Waals surface area contributed by atoms with Crippen molar-refractivity contribution in [2.45, 2.75) is 0 Å². The van der Waals surface area contributed by atoms with Crippen LogP contribution in [0.25, 0.3) is 11.0 Å². The Hall–Kier alpha value is -3.28. The Balaban J connectivity index is 1.98. The van der Waals surface area contributed by atoms with Crippen LogP contribution in [0.3, 0.4) is 0 Å². The van der Waals surface area contributed by atoms with Crippen molar-refractivity contribution in [1.82, 2.24) is 0 Å². The van der Waals surface area contributed by atoms with Gasteiger partial charge in [-0.2, -0.15) is 0 Å². The molecule has 0 unspecified atom stereocenters. The van der Waals surface area contributed by atoms with E-state index >= 15 is 0 Å². The number of benzene rings is 2. The molecule has 0 fully saturated rings. The van der Waals surface area contributed by atoms with Gasteiger partial charge in [0.05, 0.1) is 12.7 Å². The van der Waals surface area contributed by atoms with E-state index in [4.69, 9.17) is 9.15 Å². The summed E-state index contributed by atoms with van der Waals surface area (Å²) in [6.45, 7) is 0. The molecule has 116 valence electrons. The van der Waals surface area contributed by atoms with Crippen LogP contribution in [0, 0.1) is 0 Å². The predicted octanol–water partition coefficient (Wildman–Crippen LogP) is 2.76. The van der Waals surface area contributed by atoms with E-state index in [1.807, 2.05) is 0 Å². The topological polar surface area (TPSA) is 88.8 Å². The summed E-state index contributed by atoms with van der Waals surface area (Å²) in [6.07, 6.45) is 0. The number of fused-ring (bicyclic) bond motifs is 1. The van der Waals surface area contributed by atoms with Gasteiger partial charge in [0.2, 0.25) is 0 Å². The predicted molar refractivity (Wildman–Crippen MR) is 85.1 cm³/mol. The molecule has 0 aliphatic rings. The maximum absolute atomic E-state index is 12.3. The monoisotopic (exact) mass is 311 g/mol. The first-order valence-corrected chi connectivity index (χ1v) is 6.80. The van der Waals surface area contributed by atoms with Crippen molar-refractivity contribution in [2.24, 2.45) is 0 Å². The quantitative estimate of drug-likeness (QED) is 0.726. The Morgan fingerprint density at radius 3 is 2.74 bits per heavy atom. The number of amides is 1. The summed E-state index contributed by atoms with van der Waals surface area (Å²) in [5, 5.41) is 12.5. The summed E-state index contributed by atoms with van der Waals surface area (Å²) >= 11 is 0. The molecule has 23 heavy (non-hydrogen) atoms. The second-order valence-electron chi connectivity index (χ2n) is 4.82. The number of hydrogen-bond acceptors (Lipinski definition) is 5. The molecule has 0 saturated heterocycles. The number of anilines is 1. The third kappa shape index (κ3) is 2.87. The molecule has 0 spiro atoms. The van der Waals surface area contributed by atoms with Gasteiger partial charge in [0.15, 0.2) is 0 Å². The molecule has 3 aromatic rings. The standard InChI is InChI=1S/C17H13NO5/c1-22-14-5-3-2-4-12(14)16(20)18-13-8-10-6-7-11(19)9-15(10)23-17(13)21/h2-9,19H,1H3,(H,18,20). The molecule has 0 radical (unpaired) electrons. The number of phenols is 1. The van der Waals surface area contributed by atoms with Gasteiger partial charge in [-0.15, -0.1) is 0 Å². The van der Waals surface area contributed by atoms with E-state index in [0.29, 0.717) is 16.7 Å². The summed E-state index contributed by atoms with van der Waals surface area (Å²) in [5.41, 5.74) is -0.143. The average molecular weight is 311 g/mol. The molecule has 1 heterocycles. The highest BCUT2D eigenvalue weighted by atomic mass is 16.5. The number of methoxy groups -OCH3 is 1. The second-order valence-corrected chi connectivity index (χ2v) is 4.82. The van der Waals surface area contributed by atoms with Gasteiger partial charge in [-0.1, -0.05) is 12.1 Å². The molecule has 0 bridgehead atoms. The van der Waals surface area contributed by atoms with E-state index in [1.54, 1.807) is 30.3 Å². The Morgan fingerprint density at radius 1 is 1.17 bits per heavy atom. The van der Waals surface area contributed by atoms with E-state index in [-0.39, 0.29) is 17.0 Å². The minimum atomic E-state index is -0.702. The van der Waals surface area contributed by atoms with Crippen LogP contribution in [0.15, 0.2) is 57.7 Å². The Kier molecular flexibility index (Phi) is 3.72. The molecule has 0 atom stereocenters. The van der Waals surface area contributed by atoms with Gasteiger partial charge in [0.1, 0.15) is 22.8 Å². The third-order valence-corrected chi connectivity index (χ3v) is 3.32. The summed E-state index contributed by atoms with van der Waals surface area (Å²) in [6, 6.07) is 12.6. The van der Waals surface area contributed by atoms with Gasteiger partial charge in [-0.25, -0.2) is 4.79 Å². The molecular weight excluding hydrogens is 298 g/mol. The lowest BCUT2D eigenvalue weighted by atomic mass is 10.1. The molecule has 2 aromatic carbocycles. The van der Waals surface area contributed by atoms with Gasteiger partial charge in [-0.3, -0.25) is 4.79 Å². The highest BCUT2D eigenvalue weighted by Crippen LogP contribution is 2.22. The van der Waals surface area contributed by atoms with Crippen LogP contribution in [0.5, 0.6) is 11.5 Å². The van der Waals surface area contributed by atoms with E-state index in [0.717, 1.165) is 0 Å². The molecule has 0 aliphatic carbocycles. The Bertz CT molecular complexity index is 945. The van der Waals surface area contributed by atoms with Gasteiger partial charge in [-0.05, 0) is 30.3 Å². The smallest absolute Gasteiger partial charge is 0.360 e. The summed E-state index contributed by atoms with van der Waals surface area (Å²) in [5.74, 6) is -0.0839. The van der Waals surface area contributed by atoms with Gasteiger partial charge in [0.25, 0.3) is 5.91 Å². The largest absolute Gasteiger partial charge is 0.508 e. The normalized spacial score (nSPS) is 10.5. The maximum atomic E-state index is 12.3. The zero-order valence-corrected chi connectivity index (χ0v) is 12.2. The molecular formula is C17H13NO5.